The Balaban J connectivity index is 1.80. The number of carbonyl (C=O) groups is 3. The number of Topliss-reactive ketones (excluding diaryl/α,β-unsaturated/α-hetero) is 1. The maximum atomic E-state index is 13.8. The summed E-state index contributed by atoms with van der Waals surface area (Å²) < 4.78 is 10.9. The van der Waals surface area contributed by atoms with Crippen LogP contribution in [0.1, 0.15) is 57.4 Å². The molecule has 0 bridgehead atoms. The second kappa shape index (κ2) is 9.65. The minimum absolute atomic E-state index is 0.0927. The summed E-state index contributed by atoms with van der Waals surface area (Å²) >= 11 is 0. The number of esters is 2. The quantitative estimate of drug-likeness (QED) is 0.521. The SMILES string of the molecule is COC(=O)[C@H]1C(=O)C2=C(C[C@@H]1C)NC(C)=C(C(=O)OC1CCCC1)[C@H]2c1ccc(N(C)C)cc1. The van der Waals surface area contributed by atoms with Crippen LogP contribution < -0.4 is 10.2 Å². The monoisotopic (exact) mass is 466 g/mol. The Bertz CT molecular complexity index is 1050. The molecule has 0 saturated heterocycles. The highest BCUT2D eigenvalue weighted by Crippen LogP contribution is 2.46. The van der Waals surface area contributed by atoms with Gasteiger partial charge in [0.05, 0.1) is 12.7 Å². The first-order valence-electron chi connectivity index (χ1n) is 12.0. The van der Waals surface area contributed by atoms with E-state index in [9.17, 15) is 14.4 Å². The summed E-state index contributed by atoms with van der Waals surface area (Å²) in [5.41, 5.74) is 4.21. The first-order chi connectivity index (χ1) is 16.2. The van der Waals surface area contributed by atoms with E-state index >= 15 is 0 Å². The normalized spacial score (nSPS) is 25.1. The van der Waals surface area contributed by atoms with Crippen LogP contribution in [0.15, 0.2) is 46.8 Å². The van der Waals surface area contributed by atoms with Gasteiger partial charge < -0.3 is 19.7 Å². The van der Waals surface area contributed by atoms with Crippen molar-refractivity contribution in [2.75, 3.05) is 26.1 Å². The zero-order valence-electron chi connectivity index (χ0n) is 20.6. The van der Waals surface area contributed by atoms with Crippen LogP contribution in [0.3, 0.4) is 0 Å². The highest BCUT2D eigenvalue weighted by Gasteiger charge is 2.47. The van der Waals surface area contributed by atoms with Gasteiger partial charge in [0.15, 0.2) is 5.78 Å². The molecule has 1 aromatic rings. The van der Waals surface area contributed by atoms with Gasteiger partial charge in [-0.1, -0.05) is 19.1 Å². The average Bonchev–Trinajstić information content (AvgIpc) is 3.30. The maximum absolute atomic E-state index is 13.8. The largest absolute Gasteiger partial charge is 0.468 e. The van der Waals surface area contributed by atoms with Gasteiger partial charge in [-0.25, -0.2) is 4.79 Å². The molecule has 7 heteroatoms. The lowest BCUT2D eigenvalue weighted by Gasteiger charge is -2.38. The van der Waals surface area contributed by atoms with Crippen molar-refractivity contribution in [2.24, 2.45) is 11.8 Å². The van der Waals surface area contributed by atoms with E-state index in [0.29, 0.717) is 23.3 Å². The van der Waals surface area contributed by atoms with Crippen molar-refractivity contribution in [3.8, 4) is 0 Å². The van der Waals surface area contributed by atoms with Crippen molar-refractivity contribution in [3.05, 3.63) is 52.4 Å². The van der Waals surface area contributed by atoms with Crippen molar-refractivity contribution in [2.45, 2.75) is 58.0 Å². The lowest BCUT2D eigenvalue weighted by atomic mass is 9.69. The van der Waals surface area contributed by atoms with Gasteiger partial charge in [-0.2, -0.15) is 0 Å². The number of dihydropyridines is 1. The number of ketones is 1. The smallest absolute Gasteiger partial charge is 0.337 e. The summed E-state index contributed by atoms with van der Waals surface area (Å²) in [5.74, 6) is -2.91. The lowest BCUT2D eigenvalue weighted by molar-refractivity contribution is -0.151. The summed E-state index contributed by atoms with van der Waals surface area (Å²) in [7, 11) is 5.22. The van der Waals surface area contributed by atoms with Gasteiger partial charge in [0, 0.05) is 42.7 Å². The van der Waals surface area contributed by atoms with E-state index in [1.54, 1.807) is 0 Å². The van der Waals surface area contributed by atoms with Crippen LogP contribution in [0.2, 0.25) is 0 Å². The van der Waals surface area contributed by atoms with E-state index in [2.05, 4.69) is 5.32 Å². The van der Waals surface area contributed by atoms with Gasteiger partial charge in [0.2, 0.25) is 0 Å². The molecule has 0 aromatic heterocycles. The predicted octanol–water partition coefficient (Wildman–Crippen LogP) is 3.85. The third-order valence-corrected chi connectivity index (χ3v) is 7.28. The summed E-state index contributed by atoms with van der Waals surface area (Å²) in [6.45, 7) is 3.74. The van der Waals surface area contributed by atoms with Crippen molar-refractivity contribution in [3.63, 3.8) is 0 Å². The lowest BCUT2D eigenvalue weighted by Crippen LogP contribution is -2.43. The molecule has 0 unspecified atom stereocenters. The molecule has 2 aliphatic carbocycles. The number of ether oxygens (including phenoxy) is 2. The first-order valence-corrected chi connectivity index (χ1v) is 12.0. The molecule has 7 nitrogen and oxygen atoms in total. The summed E-state index contributed by atoms with van der Waals surface area (Å²) in [5, 5.41) is 3.32. The van der Waals surface area contributed by atoms with Gasteiger partial charge >= 0.3 is 11.9 Å². The Hall–Kier alpha value is -3.09. The standard InChI is InChI=1S/C27H34N2O5/c1-15-14-20-24(25(30)21(15)26(31)33-5)23(17-10-12-18(13-11-17)29(3)4)22(16(2)28-20)27(32)34-19-8-6-7-9-19/h10-13,15,19,21,23,28H,6-9,14H2,1-5H3/t15-,21+,23+/m0/s1. The average molecular weight is 467 g/mol. The second-order valence-electron chi connectivity index (χ2n) is 9.83. The highest BCUT2D eigenvalue weighted by atomic mass is 16.5. The third kappa shape index (κ3) is 4.36. The van der Waals surface area contributed by atoms with Crippen LogP contribution in [0.25, 0.3) is 0 Å². The van der Waals surface area contributed by atoms with E-state index in [1.807, 2.05) is 57.1 Å². The molecular weight excluding hydrogens is 432 g/mol. The van der Waals surface area contributed by atoms with Crippen molar-refractivity contribution < 1.29 is 23.9 Å². The minimum atomic E-state index is -0.889. The number of methoxy groups -OCH3 is 1. The molecule has 34 heavy (non-hydrogen) atoms. The van der Waals surface area contributed by atoms with Crippen LogP contribution in [0.4, 0.5) is 5.69 Å². The molecule has 0 spiro atoms. The van der Waals surface area contributed by atoms with Crippen LogP contribution in [-0.4, -0.2) is 45.0 Å². The van der Waals surface area contributed by atoms with E-state index in [4.69, 9.17) is 9.47 Å². The van der Waals surface area contributed by atoms with Crippen LogP contribution >= 0.6 is 0 Å². The van der Waals surface area contributed by atoms with Crippen molar-refractivity contribution >= 4 is 23.4 Å². The zero-order valence-corrected chi connectivity index (χ0v) is 20.6. The number of anilines is 1. The van der Waals surface area contributed by atoms with Crippen molar-refractivity contribution in [1.82, 2.24) is 5.32 Å². The van der Waals surface area contributed by atoms with Gasteiger partial charge in [-0.15, -0.1) is 0 Å². The molecule has 182 valence electrons. The molecule has 1 saturated carbocycles. The Morgan fingerprint density at radius 3 is 2.32 bits per heavy atom. The molecule has 0 radical (unpaired) electrons. The molecular formula is C27H34N2O5. The number of nitrogens with one attached hydrogen (secondary N) is 1. The van der Waals surface area contributed by atoms with E-state index < -0.39 is 23.8 Å². The number of nitrogens with zero attached hydrogens (tertiary/aromatic N) is 1. The van der Waals surface area contributed by atoms with Gasteiger partial charge in [-0.3, -0.25) is 9.59 Å². The van der Waals surface area contributed by atoms with Crippen LogP contribution in [0.5, 0.6) is 0 Å². The number of benzene rings is 1. The Morgan fingerprint density at radius 2 is 1.74 bits per heavy atom. The summed E-state index contributed by atoms with van der Waals surface area (Å²) in [6.07, 6.45) is 4.26. The number of rotatable bonds is 5. The summed E-state index contributed by atoms with van der Waals surface area (Å²) in [6, 6.07) is 7.84. The van der Waals surface area contributed by atoms with Crippen molar-refractivity contribution in [1.29, 1.82) is 0 Å². The zero-order chi connectivity index (χ0) is 24.6. The molecule has 1 heterocycles. The van der Waals surface area contributed by atoms with E-state index in [0.717, 1.165) is 42.6 Å². The molecule has 4 rings (SSSR count). The molecule has 1 aromatic carbocycles. The minimum Gasteiger partial charge on any atom is -0.468 e. The Labute approximate surface area is 201 Å². The third-order valence-electron chi connectivity index (χ3n) is 7.28. The molecule has 1 fully saturated rings. The molecule has 1 aliphatic heterocycles. The van der Waals surface area contributed by atoms with E-state index in [-0.39, 0.29) is 17.8 Å². The fourth-order valence-electron chi connectivity index (χ4n) is 5.47. The fraction of sp³-hybridized carbons (Fsp3) is 0.519. The number of hydrogen-bond acceptors (Lipinski definition) is 7. The van der Waals surface area contributed by atoms with Crippen LogP contribution in [0, 0.1) is 11.8 Å². The Kier molecular flexibility index (Phi) is 6.82. The molecule has 0 amide bonds. The second-order valence-corrected chi connectivity index (χ2v) is 9.83. The summed E-state index contributed by atoms with van der Waals surface area (Å²) in [4.78, 5) is 41.8. The fourth-order valence-corrected chi connectivity index (χ4v) is 5.47. The van der Waals surface area contributed by atoms with E-state index in [1.165, 1.54) is 7.11 Å². The van der Waals surface area contributed by atoms with Gasteiger partial charge in [0.1, 0.15) is 12.0 Å². The topological polar surface area (TPSA) is 84.9 Å². The first kappa shape index (κ1) is 24.0. The number of allylic oxidation sites excluding steroid dienone is 3. The maximum Gasteiger partial charge on any atom is 0.337 e. The number of carbonyl (C=O) groups excluding carboxylic acids is 3. The molecule has 1 N–H and O–H groups in total. The predicted molar refractivity (Wildman–Crippen MR) is 129 cm³/mol. The van der Waals surface area contributed by atoms with Gasteiger partial charge in [0.25, 0.3) is 0 Å². The van der Waals surface area contributed by atoms with Crippen LogP contribution in [-0.2, 0) is 23.9 Å². The molecule has 3 aliphatic rings. The number of hydrogen-bond donors (Lipinski definition) is 1. The van der Waals surface area contributed by atoms with Gasteiger partial charge in [-0.05, 0) is 62.6 Å². The Morgan fingerprint density at radius 1 is 1.09 bits per heavy atom. The molecule has 3 atom stereocenters. The highest BCUT2D eigenvalue weighted by molar-refractivity contribution is 6.12.